The minimum absolute atomic E-state index is 0.661. The van der Waals surface area contributed by atoms with E-state index in [2.05, 4.69) is 21.0 Å². The number of aromatic nitrogens is 3. The number of ether oxygens (including phenoxy) is 1. The van der Waals surface area contributed by atoms with Crippen LogP contribution in [0.2, 0.25) is 0 Å². The molecule has 0 spiro atoms. The average Bonchev–Trinajstić information content (AvgIpc) is 2.86. The van der Waals surface area contributed by atoms with E-state index in [1.165, 1.54) is 5.56 Å². The zero-order valence-electron chi connectivity index (χ0n) is 10.9. The molecule has 5 nitrogen and oxygen atoms in total. The molecule has 3 heterocycles. The lowest BCUT2D eigenvalue weighted by Crippen LogP contribution is -2.26. The van der Waals surface area contributed by atoms with Crippen molar-refractivity contribution in [3.8, 4) is 5.75 Å². The van der Waals surface area contributed by atoms with Crippen molar-refractivity contribution in [2.24, 2.45) is 0 Å². The fourth-order valence-electron chi connectivity index (χ4n) is 2.59. The second-order valence-corrected chi connectivity index (χ2v) is 4.79. The summed E-state index contributed by atoms with van der Waals surface area (Å²) in [5.41, 5.74) is 2.21. The van der Waals surface area contributed by atoms with Crippen LogP contribution < -0.4 is 9.64 Å². The van der Waals surface area contributed by atoms with E-state index in [1.807, 2.05) is 35.0 Å². The molecule has 1 aliphatic heterocycles. The molecule has 4 rings (SSSR count). The molecule has 0 saturated carbocycles. The van der Waals surface area contributed by atoms with Crippen molar-refractivity contribution in [3.63, 3.8) is 0 Å². The fourth-order valence-corrected chi connectivity index (χ4v) is 2.59. The highest BCUT2D eigenvalue weighted by atomic mass is 16.5. The molecule has 0 bridgehead atoms. The lowest BCUT2D eigenvalue weighted by atomic mass is 10.2. The molecule has 0 saturated heterocycles. The Morgan fingerprint density at radius 2 is 2.05 bits per heavy atom. The van der Waals surface area contributed by atoms with E-state index >= 15 is 0 Å². The molecule has 0 N–H and O–H groups in total. The third-order valence-corrected chi connectivity index (χ3v) is 3.56. The Kier molecular flexibility index (Phi) is 2.55. The maximum Gasteiger partial charge on any atom is 0.155 e. The summed E-state index contributed by atoms with van der Waals surface area (Å²) >= 11 is 0. The lowest BCUT2D eigenvalue weighted by molar-refractivity contribution is 0.331. The molecule has 0 fully saturated rings. The second kappa shape index (κ2) is 4.52. The third kappa shape index (κ3) is 1.79. The molecule has 3 aromatic rings. The second-order valence-electron chi connectivity index (χ2n) is 4.79. The minimum Gasteiger partial charge on any atom is -0.491 e. The van der Waals surface area contributed by atoms with Crippen LogP contribution in [-0.2, 0) is 6.54 Å². The molecule has 0 unspecified atom stereocenters. The van der Waals surface area contributed by atoms with Crippen LogP contribution in [0, 0.1) is 0 Å². The van der Waals surface area contributed by atoms with Gasteiger partial charge >= 0.3 is 0 Å². The lowest BCUT2D eigenvalue weighted by Gasteiger charge is -2.21. The Hall–Kier alpha value is -2.56. The number of anilines is 1. The minimum atomic E-state index is 0.661. The van der Waals surface area contributed by atoms with Crippen LogP contribution in [-0.4, -0.2) is 27.7 Å². The fraction of sp³-hybridized carbons (Fsp3) is 0.200. The molecule has 0 atom stereocenters. The van der Waals surface area contributed by atoms with Gasteiger partial charge in [0.05, 0.1) is 12.7 Å². The van der Waals surface area contributed by atoms with Gasteiger partial charge in [-0.1, -0.05) is 18.2 Å². The van der Waals surface area contributed by atoms with Crippen LogP contribution in [0.15, 0.2) is 48.9 Å². The van der Waals surface area contributed by atoms with Gasteiger partial charge in [0.1, 0.15) is 17.9 Å². The van der Waals surface area contributed by atoms with Gasteiger partial charge in [0.2, 0.25) is 0 Å². The standard InChI is InChI=1S/C15H14N4O/c1-2-4-14-12(3-1)11-18(9-10-20-14)15-13-5-6-17-19(13)8-7-16-15/h1-8H,9-11H2. The van der Waals surface area contributed by atoms with Crippen LogP contribution in [0.25, 0.3) is 5.52 Å². The molecule has 0 radical (unpaired) electrons. The maximum absolute atomic E-state index is 5.80. The number of hydrogen-bond acceptors (Lipinski definition) is 4. The van der Waals surface area contributed by atoms with Crippen molar-refractivity contribution in [2.75, 3.05) is 18.1 Å². The Morgan fingerprint density at radius 3 is 3.05 bits per heavy atom. The largest absolute Gasteiger partial charge is 0.491 e. The zero-order valence-corrected chi connectivity index (χ0v) is 10.9. The molecule has 2 aromatic heterocycles. The summed E-state index contributed by atoms with van der Waals surface area (Å²) in [6.07, 6.45) is 5.44. The Morgan fingerprint density at radius 1 is 1.10 bits per heavy atom. The predicted molar refractivity (Wildman–Crippen MR) is 76.0 cm³/mol. The number of benzene rings is 1. The molecule has 5 heteroatoms. The summed E-state index contributed by atoms with van der Waals surface area (Å²) in [5.74, 6) is 1.92. The molecule has 0 aliphatic carbocycles. The van der Waals surface area contributed by atoms with E-state index in [0.717, 1.165) is 30.2 Å². The van der Waals surface area contributed by atoms with Gasteiger partial charge in [-0.05, 0) is 12.1 Å². The average molecular weight is 266 g/mol. The summed E-state index contributed by atoms with van der Waals surface area (Å²) in [4.78, 5) is 6.77. The van der Waals surface area contributed by atoms with Crippen molar-refractivity contribution >= 4 is 11.3 Å². The summed E-state index contributed by atoms with van der Waals surface area (Å²) in [7, 11) is 0. The van der Waals surface area contributed by atoms with Crippen molar-refractivity contribution < 1.29 is 4.74 Å². The van der Waals surface area contributed by atoms with E-state index in [9.17, 15) is 0 Å². The van der Waals surface area contributed by atoms with Gasteiger partial charge in [0, 0.05) is 24.5 Å². The van der Waals surface area contributed by atoms with Gasteiger partial charge < -0.3 is 9.64 Å². The van der Waals surface area contributed by atoms with Crippen molar-refractivity contribution in [2.45, 2.75) is 6.54 Å². The summed E-state index contributed by atoms with van der Waals surface area (Å²) in [6, 6.07) is 10.2. The van der Waals surface area contributed by atoms with Gasteiger partial charge in [-0.3, -0.25) is 0 Å². The van der Waals surface area contributed by atoms with E-state index < -0.39 is 0 Å². The number of rotatable bonds is 1. The number of fused-ring (bicyclic) bond motifs is 2. The maximum atomic E-state index is 5.80. The first-order valence-corrected chi connectivity index (χ1v) is 6.66. The zero-order chi connectivity index (χ0) is 13.4. The van der Waals surface area contributed by atoms with Crippen molar-refractivity contribution in [1.82, 2.24) is 14.6 Å². The van der Waals surface area contributed by atoms with Gasteiger partial charge in [-0.15, -0.1) is 0 Å². The first kappa shape index (κ1) is 11.3. The van der Waals surface area contributed by atoms with E-state index in [4.69, 9.17) is 4.74 Å². The highest BCUT2D eigenvalue weighted by Gasteiger charge is 2.18. The highest BCUT2D eigenvalue weighted by Crippen LogP contribution is 2.26. The van der Waals surface area contributed by atoms with Crippen LogP contribution >= 0.6 is 0 Å². The summed E-state index contributed by atoms with van der Waals surface area (Å²) in [6.45, 7) is 2.27. The molecule has 100 valence electrons. The first-order valence-electron chi connectivity index (χ1n) is 6.66. The smallest absolute Gasteiger partial charge is 0.155 e. The SMILES string of the molecule is c1ccc2c(c1)CN(c1nccn3nccc13)CCO2. The summed E-state index contributed by atoms with van der Waals surface area (Å²) in [5, 5.41) is 4.26. The van der Waals surface area contributed by atoms with E-state index in [0.29, 0.717) is 6.61 Å². The first-order chi connectivity index (χ1) is 9.92. The number of nitrogens with zero attached hydrogens (tertiary/aromatic N) is 4. The molecular formula is C15H14N4O. The predicted octanol–water partition coefficient (Wildman–Crippen LogP) is 2.13. The molecule has 20 heavy (non-hydrogen) atoms. The Labute approximate surface area is 116 Å². The molecule has 0 amide bonds. The van der Waals surface area contributed by atoms with Crippen molar-refractivity contribution in [3.05, 3.63) is 54.5 Å². The quantitative estimate of drug-likeness (QED) is 0.676. The van der Waals surface area contributed by atoms with Crippen LogP contribution in [0.3, 0.4) is 0 Å². The van der Waals surface area contributed by atoms with Crippen LogP contribution in [0.1, 0.15) is 5.56 Å². The van der Waals surface area contributed by atoms with Gasteiger partial charge in [0.15, 0.2) is 5.82 Å². The normalized spacial score (nSPS) is 14.7. The van der Waals surface area contributed by atoms with Gasteiger partial charge in [0.25, 0.3) is 0 Å². The Balaban J connectivity index is 1.77. The number of hydrogen-bond donors (Lipinski definition) is 0. The molecular weight excluding hydrogens is 252 g/mol. The topological polar surface area (TPSA) is 42.7 Å². The van der Waals surface area contributed by atoms with Crippen LogP contribution in [0.4, 0.5) is 5.82 Å². The molecule has 1 aliphatic rings. The Bertz CT molecular complexity index is 752. The van der Waals surface area contributed by atoms with Crippen molar-refractivity contribution in [1.29, 1.82) is 0 Å². The van der Waals surface area contributed by atoms with Crippen LogP contribution in [0.5, 0.6) is 5.75 Å². The molecule has 1 aromatic carbocycles. The number of para-hydroxylation sites is 1. The monoisotopic (exact) mass is 266 g/mol. The highest BCUT2D eigenvalue weighted by molar-refractivity contribution is 5.68. The van der Waals surface area contributed by atoms with E-state index in [-0.39, 0.29) is 0 Å². The third-order valence-electron chi connectivity index (χ3n) is 3.56. The van der Waals surface area contributed by atoms with Gasteiger partial charge in [-0.25, -0.2) is 9.50 Å². The summed E-state index contributed by atoms with van der Waals surface area (Å²) < 4.78 is 7.65. The van der Waals surface area contributed by atoms with Gasteiger partial charge in [-0.2, -0.15) is 5.10 Å². The van der Waals surface area contributed by atoms with E-state index in [1.54, 1.807) is 12.4 Å².